The molecule has 3 heteroatoms. The van der Waals surface area contributed by atoms with Crippen LogP contribution in [0.4, 0.5) is 0 Å². The normalized spacial score (nSPS) is 10.4. The SMILES string of the molecule is Cc1cc(C)c(-c2cnccc2C(=O)O)c(C)c1. The number of rotatable bonds is 2. The number of hydrogen-bond acceptors (Lipinski definition) is 2. The summed E-state index contributed by atoms with van der Waals surface area (Å²) in [6.45, 7) is 6.02. The van der Waals surface area contributed by atoms with Crippen molar-refractivity contribution in [3.63, 3.8) is 0 Å². The smallest absolute Gasteiger partial charge is 0.336 e. The van der Waals surface area contributed by atoms with Crippen molar-refractivity contribution in [2.24, 2.45) is 0 Å². The number of nitrogens with zero attached hydrogens (tertiary/aromatic N) is 1. The summed E-state index contributed by atoms with van der Waals surface area (Å²) in [6.07, 6.45) is 3.12. The molecule has 0 amide bonds. The second-order valence-corrected chi connectivity index (χ2v) is 4.50. The summed E-state index contributed by atoms with van der Waals surface area (Å²) in [5.41, 5.74) is 5.26. The van der Waals surface area contributed by atoms with Crippen molar-refractivity contribution >= 4 is 5.97 Å². The fourth-order valence-corrected chi connectivity index (χ4v) is 2.39. The maximum atomic E-state index is 11.3. The molecule has 0 fully saturated rings. The van der Waals surface area contributed by atoms with E-state index in [0.717, 1.165) is 16.7 Å². The average Bonchev–Trinajstić information content (AvgIpc) is 2.28. The van der Waals surface area contributed by atoms with Crippen LogP contribution in [0.1, 0.15) is 27.0 Å². The van der Waals surface area contributed by atoms with Crippen molar-refractivity contribution in [3.05, 3.63) is 52.8 Å². The summed E-state index contributed by atoms with van der Waals surface area (Å²) in [4.78, 5) is 15.3. The number of pyridine rings is 1. The highest BCUT2D eigenvalue weighted by Crippen LogP contribution is 2.30. The van der Waals surface area contributed by atoms with Crippen LogP contribution >= 0.6 is 0 Å². The van der Waals surface area contributed by atoms with Crippen LogP contribution in [0, 0.1) is 20.8 Å². The molecule has 2 rings (SSSR count). The molecule has 2 aromatic rings. The van der Waals surface area contributed by atoms with Crippen molar-refractivity contribution in [3.8, 4) is 11.1 Å². The van der Waals surface area contributed by atoms with E-state index < -0.39 is 5.97 Å². The number of aromatic nitrogens is 1. The van der Waals surface area contributed by atoms with Gasteiger partial charge < -0.3 is 5.11 Å². The van der Waals surface area contributed by atoms with Crippen LogP contribution in [-0.4, -0.2) is 16.1 Å². The molecule has 0 spiro atoms. The molecule has 1 heterocycles. The van der Waals surface area contributed by atoms with Gasteiger partial charge in [-0.3, -0.25) is 4.98 Å². The number of aromatic carboxylic acids is 1. The molecule has 0 atom stereocenters. The Labute approximate surface area is 106 Å². The third kappa shape index (κ3) is 2.12. The number of aryl methyl sites for hydroxylation is 3. The van der Waals surface area contributed by atoms with Crippen molar-refractivity contribution in [1.82, 2.24) is 4.98 Å². The summed E-state index contributed by atoms with van der Waals surface area (Å²) in [7, 11) is 0. The van der Waals surface area contributed by atoms with Crippen LogP contribution < -0.4 is 0 Å². The summed E-state index contributed by atoms with van der Waals surface area (Å²) < 4.78 is 0. The molecule has 0 bridgehead atoms. The van der Waals surface area contributed by atoms with Crippen molar-refractivity contribution in [1.29, 1.82) is 0 Å². The molecule has 1 N–H and O–H groups in total. The summed E-state index contributed by atoms with van der Waals surface area (Å²) in [5.74, 6) is -0.924. The molecule has 3 nitrogen and oxygen atoms in total. The van der Waals surface area contributed by atoms with Gasteiger partial charge in [0, 0.05) is 18.0 Å². The quantitative estimate of drug-likeness (QED) is 0.876. The van der Waals surface area contributed by atoms with Crippen LogP contribution in [0.25, 0.3) is 11.1 Å². The van der Waals surface area contributed by atoms with Crippen LogP contribution in [0.5, 0.6) is 0 Å². The van der Waals surface area contributed by atoms with Gasteiger partial charge in [-0.1, -0.05) is 17.7 Å². The Bertz CT molecular complexity index is 595. The number of benzene rings is 1. The third-order valence-electron chi connectivity index (χ3n) is 3.00. The van der Waals surface area contributed by atoms with Gasteiger partial charge >= 0.3 is 5.97 Å². The lowest BCUT2D eigenvalue weighted by molar-refractivity contribution is 0.0697. The zero-order valence-electron chi connectivity index (χ0n) is 10.7. The molecular weight excluding hydrogens is 226 g/mol. The Morgan fingerprint density at radius 1 is 1.17 bits per heavy atom. The fraction of sp³-hybridized carbons (Fsp3) is 0.200. The van der Waals surface area contributed by atoms with E-state index in [9.17, 15) is 9.90 Å². The molecule has 1 aromatic heterocycles. The van der Waals surface area contributed by atoms with Gasteiger partial charge in [-0.2, -0.15) is 0 Å². The number of carbonyl (C=O) groups is 1. The molecule has 0 saturated carbocycles. The van der Waals surface area contributed by atoms with Gasteiger partial charge in [-0.15, -0.1) is 0 Å². The van der Waals surface area contributed by atoms with E-state index in [0.29, 0.717) is 11.1 Å². The predicted octanol–water partition coefficient (Wildman–Crippen LogP) is 3.37. The first kappa shape index (κ1) is 12.3. The largest absolute Gasteiger partial charge is 0.478 e. The molecule has 0 aliphatic carbocycles. The predicted molar refractivity (Wildman–Crippen MR) is 70.8 cm³/mol. The molecular formula is C15H15NO2. The fourth-order valence-electron chi connectivity index (χ4n) is 2.39. The van der Waals surface area contributed by atoms with Gasteiger partial charge in [0.1, 0.15) is 0 Å². The van der Waals surface area contributed by atoms with Gasteiger partial charge in [-0.25, -0.2) is 4.79 Å². The molecule has 1 aromatic carbocycles. The van der Waals surface area contributed by atoms with Crippen LogP contribution in [0.15, 0.2) is 30.6 Å². The van der Waals surface area contributed by atoms with Crippen molar-refractivity contribution < 1.29 is 9.90 Å². The topological polar surface area (TPSA) is 50.2 Å². The molecule has 92 valence electrons. The highest BCUT2D eigenvalue weighted by atomic mass is 16.4. The summed E-state index contributed by atoms with van der Waals surface area (Å²) in [6, 6.07) is 5.65. The lowest BCUT2D eigenvalue weighted by atomic mass is 9.92. The van der Waals surface area contributed by atoms with E-state index in [4.69, 9.17) is 0 Å². The Kier molecular flexibility index (Phi) is 3.15. The van der Waals surface area contributed by atoms with E-state index in [1.165, 1.54) is 17.8 Å². The zero-order valence-corrected chi connectivity index (χ0v) is 10.7. The van der Waals surface area contributed by atoms with E-state index in [1.54, 1.807) is 6.20 Å². The molecule has 0 aliphatic heterocycles. The number of hydrogen-bond donors (Lipinski definition) is 1. The van der Waals surface area contributed by atoms with Crippen molar-refractivity contribution in [2.45, 2.75) is 20.8 Å². The molecule has 0 radical (unpaired) electrons. The first-order valence-electron chi connectivity index (χ1n) is 5.76. The second-order valence-electron chi connectivity index (χ2n) is 4.50. The summed E-state index contributed by atoms with van der Waals surface area (Å²) in [5, 5.41) is 9.24. The minimum Gasteiger partial charge on any atom is -0.478 e. The van der Waals surface area contributed by atoms with Gasteiger partial charge in [0.15, 0.2) is 0 Å². The Balaban J connectivity index is 2.74. The highest BCUT2D eigenvalue weighted by molar-refractivity contribution is 5.96. The lowest BCUT2D eigenvalue weighted by Gasteiger charge is -2.13. The van der Waals surface area contributed by atoms with Crippen molar-refractivity contribution in [2.75, 3.05) is 0 Å². The number of carboxylic acids is 1. The van der Waals surface area contributed by atoms with Crippen LogP contribution in [-0.2, 0) is 0 Å². The first-order valence-corrected chi connectivity index (χ1v) is 5.76. The standard InChI is InChI=1S/C15H15NO2/c1-9-6-10(2)14(11(3)7-9)13-8-16-5-4-12(13)15(17)18/h4-8H,1-3H3,(H,17,18). The van der Waals surface area contributed by atoms with Gasteiger partial charge in [-0.05, 0) is 43.5 Å². The number of carboxylic acid groups (broad SMARTS) is 1. The summed E-state index contributed by atoms with van der Waals surface area (Å²) >= 11 is 0. The Morgan fingerprint density at radius 3 is 2.33 bits per heavy atom. The van der Waals surface area contributed by atoms with E-state index in [2.05, 4.69) is 17.1 Å². The molecule has 18 heavy (non-hydrogen) atoms. The minimum atomic E-state index is -0.924. The van der Waals surface area contributed by atoms with Crippen LogP contribution in [0.3, 0.4) is 0 Å². The molecule has 0 saturated heterocycles. The molecule has 0 aliphatic rings. The lowest BCUT2D eigenvalue weighted by Crippen LogP contribution is -2.02. The average molecular weight is 241 g/mol. The monoisotopic (exact) mass is 241 g/mol. The zero-order chi connectivity index (χ0) is 13.3. The maximum Gasteiger partial charge on any atom is 0.336 e. The second kappa shape index (κ2) is 4.61. The minimum absolute atomic E-state index is 0.292. The molecule has 0 unspecified atom stereocenters. The maximum absolute atomic E-state index is 11.3. The van der Waals surface area contributed by atoms with Gasteiger partial charge in [0.25, 0.3) is 0 Å². The first-order chi connectivity index (χ1) is 8.50. The third-order valence-corrected chi connectivity index (χ3v) is 3.00. The van der Waals surface area contributed by atoms with Gasteiger partial charge in [0.05, 0.1) is 5.56 Å². The van der Waals surface area contributed by atoms with Crippen LogP contribution in [0.2, 0.25) is 0 Å². The Hall–Kier alpha value is -2.16. The van der Waals surface area contributed by atoms with E-state index >= 15 is 0 Å². The Morgan fingerprint density at radius 2 is 1.78 bits per heavy atom. The van der Waals surface area contributed by atoms with E-state index in [-0.39, 0.29) is 0 Å². The highest BCUT2D eigenvalue weighted by Gasteiger charge is 2.15. The van der Waals surface area contributed by atoms with Gasteiger partial charge in [0.2, 0.25) is 0 Å². The van der Waals surface area contributed by atoms with E-state index in [1.807, 2.05) is 20.8 Å².